The van der Waals surface area contributed by atoms with Gasteiger partial charge in [0.05, 0.1) is 6.10 Å². The Kier molecular flexibility index (Phi) is 4.58. The second-order valence-corrected chi connectivity index (χ2v) is 6.85. The summed E-state index contributed by atoms with van der Waals surface area (Å²) < 4.78 is 5.63. The zero-order valence-corrected chi connectivity index (χ0v) is 14.1. The molecule has 1 fully saturated rings. The number of nitrogens with zero attached hydrogens (tertiary/aromatic N) is 1. The quantitative estimate of drug-likeness (QED) is 0.926. The van der Waals surface area contributed by atoms with E-state index in [0.717, 1.165) is 25.9 Å². The molecule has 1 heterocycles. The Labute approximate surface area is 134 Å². The lowest BCUT2D eigenvalue weighted by Crippen LogP contribution is -2.50. The van der Waals surface area contributed by atoms with E-state index in [1.807, 2.05) is 0 Å². The van der Waals surface area contributed by atoms with Crippen molar-refractivity contribution in [1.82, 2.24) is 4.90 Å². The summed E-state index contributed by atoms with van der Waals surface area (Å²) in [5, 5.41) is 11.0. The van der Waals surface area contributed by atoms with E-state index in [2.05, 4.69) is 43.0 Å². The zero-order chi connectivity index (χ0) is 15.7. The Morgan fingerprint density at radius 2 is 1.86 bits per heavy atom. The highest BCUT2D eigenvalue weighted by molar-refractivity contribution is 5.44. The molecule has 0 unspecified atom stereocenters. The third kappa shape index (κ3) is 2.31. The first kappa shape index (κ1) is 16.0. The third-order valence-electron chi connectivity index (χ3n) is 6.06. The molecule has 0 saturated carbocycles. The predicted octanol–water partition coefficient (Wildman–Crippen LogP) is 3.27. The van der Waals surface area contributed by atoms with Crippen LogP contribution in [0.25, 0.3) is 0 Å². The molecule has 0 aromatic heterocycles. The number of fused-ring (bicyclic) bond motifs is 2. The molecule has 1 aromatic rings. The first-order valence-corrected chi connectivity index (χ1v) is 8.72. The summed E-state index contributed by atoms with van der Waals surface area (Å²) in [5.74, 6) is 0. The normalized spacial score (nSPS) is 27.5. The monoisotopic (exact) mass is 303 g/mol. The molecule has 0 bridgehead atoms. The number of rotatable bonds is 4. The predicted molar refractivity (Wildman–Crippen MR) is 89.1 cm³/mol. The van der Waals surface area contributed by atoms with Crippen LogP contribution in [0.5, 0.6) is 0 Å². The fourth-order valence-electron chi connectivity index (χ4n) is 4.73. The number of hydrogen-bond acceptors (Lipinski definition) is 3. The van der Waals surface area contributed by atoms with Crippen LogP contribution in [0, 0.1) is 0 Å². The largest absolute Gasteiger partial charge is 0.389 e. The molecule has 1 spiro atoms. The molecule has 3 rings (SSSR count). The molecule has 22 heavy (non-hydrogen) atoms. The summed E-state index contributed by atoms with van der Waals surface area (Å²) in [5.41, 5.74) is 2.40. The maximum absolute atomic E-state index is 11.0. The highest BCUT2D eigenvalue weighted by Gasteiger charge is 2.52. The van der Waals surface area contributed by atoms with Gasteiger partial charge in [-0.25, -0.2) is 0 Å². The van der Waals surface area contributed by atoms with Gasteiger partial charge in [-0.3, -0.25) is 0 Å². The molecule has 122 valence electrons. The molecule has 1 saturated heterocycles. The smallest absolute Gasteiger partial charge is 0.109 e. The number of aliphatic hydroxyl groups is 1. The van der Waals surface area contributed by atoms with Gasteiger partial charge in [0, 0.05) is 18.6 Å². The van der Waals surface area contributed by atoms with Crippen LogP contribution in [-0.2, 0) is 10.2 Å². The molecule has 1 aromatic carbocycles. The van der Waals surface area contributed by atoms with E-state index in [0.29, 0.717) is 6.04 Å². The van der Waals surface area contributed by atoms with Gasteiger partial charge in [-0.05, 0) is 49.9 Å². The van der Waals surface area contributed by atoms with Crippen molar-refractivity contribution in [1.29, 1.82) is 0 Å². The molecule has 2 atom stereocenters. The molecule has 0 radical (unpaired) electrons. The number of methoxy groups -OCH3 is 1. The summed E-state index contributed by atoms with van der Waals surface area (Å²) in [6.07, 6.45) is 3.89. The van der Waals surface area contributed by atoms with Crippen molar-refractivity contribution < 1.29 is 9.84 Å². The second-order valence-electron chi connectivity index (χ2n) is 6.85. The van der Waals surface area contributed by atoms with Gasteiger partial charge >= 0.3 is 0 Å². The lowest BCUT2D eigenvalue weighted by Gasteiger charge is -2.45. The van der Waals surface area contributed by atoms with Crippen molar-refractivity contribution in [3.05, 3.63) is 35.4 Å². The third-order valence-corrected chi connectivity index (χ3v) is 6.06. The number of piperidine rings is 1. The summed E-state index contributed by atoms with van der Waals surface area (Å²) in [6, 6.07) is 9.15. The van der Waals surface area contributed by atoms with Crippen LogP contribution in [0.2, 0.25) is 0 Å². The Bertz CT molecular complexity index is 504. The zero-order valence-electron chi connectivity index (χ0n) is 14.1. The molecule has 1 N–H and O–H groups in total. The van der Waals surface area contributed by atoms with Crippen LogP contribution in [-0.4, -0.2) is 42.4 Å². The van der Waals surface area contributed by atoms with Gasteiger partial charge in [0.15, 0.2) is 0 Å². The maximum Gasteiger partial charge on any atom is 0.109 e. The average Bonchev–Trinajstić information content (AvgIpc) is 2.79. The minimum absolute atomic E-state index is 0.111. The Morgan fingerprint density at radius 1 is 1.23 bits per heavy atom. The van der Waals surface area contributed by atoms with Gasteiger partial charge < -0.3 is 14.7 Å². The van der Waals surface area contributed by atoms with Gasteiger partial charge in [-0.2, -0.15) is 0 Å². The van der Waals surface area contributed by atoms with Crippen molar-refractivity contribution in [3.63, 3.8) is 0 Å². The van der Waals surface area contributed by atoms with Gasteiger partial charge in [0.25, 0.3) is 0 Å². The summed E-state index contributed by atoms with van der Waals surface area (Å²) >= 11 is 0. The van der Waals surface area contributed by atoms with Crippen molar-refractivity contribution in [3.8, 4) is 0 Å². The first-order valence-electron chi connectivity index (χ1n) is 8.72. The standard InChI is InChI=1S/C19H29NO2/c1-4-14(5-2)20-12-10-19(11-13-20)16-9-7-6-8-15(16)17(22-3)18(19)21/h6-9,14,17-18,21H,4-5,10-13H2,1-3H3/t17-,18+/m1/s1. The van der Waals surface area contributed by atoms with Crippen LogP contribution < -0.4 is 0 Å². The lowest BCUT2D eigenvalue weighted by atomic mass is 9.72. The molecule has 3 nitrogen and oxygen atoms in total. The van der Waals surface area contributed by atoms with E-state index in [-0.39, 0.29) is 11.5 Å². The van der Waals surface area contributed by atoms with Gasteiger partial charge in [0.1, 0.15) is 6.10 Å². The highest BCUT2D eigenvalue weighted by Crippen LogP contribution is 2.52. The highest BCUT2D eigenvalue weighted by atomic mass is 16.5. The van der Waals surface area contributed by atoms with Crippen LogP contribution in [0.15, 0.2) is 24.3 Å². The van der Waals surface area contributed by atoms with E-state index in [4.69, 9.17) is 4.74 Å². The van der Waals surface area contributed by atoms with Crippen molar-refractivity contribution in [2.45, 2.75) is 63.2 Å². The van der Waals surface area contributed by atoms with E-state index in [1.54, 1.807) is 7.11 Å². The number of likely N-dealkylation sites (tertiary alicyclic amines) is 1. The Morgan fingerprint density at radius 3 is 2.45 bits per heavy atom. The average molecular weight is 303 g/mol. The molecular formula is C19H29NO2. The number of benzene rings is 1. The van der Waals surface area contributed by atoms with Crippen molar-refractivity contribution in [2.75, 3.05) is 20.2 Å². The Balaban J connectivity index is 1.86. The van der Waals surface area contributed by atoms with Crippen molar-refractivity contribution >= 4 is 0 Å². The lowest BCUT2D eigenvalue weighted by molar-refractivity contribution is -0.0577. The minimum Gasteiger partial charge on any atom is -0.389 e. The first-order chi connectivity index (χ1) is 10.7. The fourth-order valence-corrected chi connectivity index (χ4v) is 4.73. The number of ether oxygens (including phenoxy) is 1. The molecule has 1 aliphatic carbocycles. The van der Waals surface area contributed by atoms with E-state index in [9.17, 15) is 5.11 Å². The van der Waals surface area contributed by atoms with Crippen LogP contribution in [0.3, 0.4) is 0 Å². The Hall–Kier alpha value is -0.900. The molecule has 2 aliphatic rings. The SMILES string of the molecule is CCC(CC)N1CCC2(CC1)c1ccccc1[C@@H](OC)[C@@H]2O. The van der Waals surface area contributed by atoms with Crippen LogP contribution in [0.1, 0.15) is 56.8 Å². The maximum atomic E-state index is 11.0. The number of aliphatic hydroxyl groups excluding tert-OH is 1. The van der Waals surface area contributed by atoms with E-state index in [1.165, 1.54) is 24.0 Å². The summed E-state index contributed by atoms with van der Waals surface area (Å²) in [6.45, 7) is 6.71. The molecule has 3 heteroatoms. The van der Waals surface area contributed by atoms with Crippen LogP contribution >= 0.6 is 0 Å². The van der Waals surface area contributed by atoms with Gasteiger partial charge in [0.2, 0.25) is 0 Å². The van der Waals surface area contributed by atoms with Crippen LogP contribution in [0.4, 0.5) is 0 Å². The van der Waals surface area contributed by atoms with Gasteiger partial charge in [-0.15, -0.1) is 0 Å². The molecular weight excluding hydrogens is 274 g/mol. The molecule has 0 amide bonds. The van der Waals surface area contributed by atoms with E-state index < -0.39 is 6.10 Å². The summed E-state index contributed by atoms with van der Waals surface area (Å²) in [4.78, 5) is 2.61. The number of hydrogen-bond donors (Lipinski definition) is 1. The van der Waals surface area contributed by atoms with Gasteiger partial charge in [-0.1, -0.05) is 38.1 Å². The minimum atomic E-state index is -0.418. The van der Waals surface area contributed by atoms with Crippen molar-refractivity contribution in [2.24, 2.45) is 0 Å². The van der Waals surface area contributed by atoms with E-state index >= 15 is 0 Å². The summed E-state index contributed by atoms with van der Waals surface area (Å²) in [7, 11) is 1.71. The fraction of sp³-hybridized carbons (Fsp3) is 0.684. The topological polar surface area (TPSA) is 32.7 Å². The molecule has 1 aliphatic heterocycles. The second kappa shape index (κ2) is 6.31.